The number of aromatic nitrogens is 3. The molecular formula is C17H17BrN4O3. The van der Waals surface area contributed by atoms with Crippen LogP contribution in [0.15, 0.2) is 44.3 Å². The summed E-state index contributed by atoms with van der Waals surface area (Å²) in [5.41, 5.74) is 1.97. The van der Waals surface area contributed by atoms with Gasteiger partial charge in [-0.05, 0) is 53.5 Å². The van der Waals surface area contributed by atoms with Gasteiger partial charge in [-0.2, -0.15) is 5.10 Å². The van der Waals surface area contributed by atoms with Gasteiger partial charge < -0.3 is 14.7 Å². The minimum Gasteiger partial charge on any atom is -0.454 e. The van der Waals surface area contributed by atoms with Gasteiger partial charge in [0.15, 0.2) is 5.76 Å². The predicted molar refractivity (Wildman–Crippen MR) is 95.4 cm³/mol. The Balaban J connectivity index is 1.65. The molecule has 0 aliphatic rings. The molecule has 0 aromatic carbocycles. The summed E-state index contributed by atoms with van der Waals surface area (Å²) in [4.78, 5) is 26.9. The molecule has 0 saturated heterocycles. The first kappa shape index (κ1) is 17.2. The minimum atomic E-state index is -0.368. The van der Waals surface area contributed by atoms with Gasteiger partial charge in [-0.3, -0.25) is 14.3 Å². The van der Waals surface area contributed by atoms with Gasteiger partial charge in [-0.1, -0.05) is 0 Å². The van der Waals surface area contributed by atoms with Gasteiger partial charge in [0, 0.05) is 24.0 Å². The van der Waals surface area contributed by atoms with Crippen LogP contribution < -0.4 is 10.9 Å². The smallest absolute Gasteiger partial charge is 0.287 e. The summed E-state index contributed by atoms with van der Waals surface area (Å²) >= 11 is 3.33. The lowest BCUT2D eigenvalue weighted by Crippen LogP contribution is -2.27. The summed E-state index contributed by atoms with van der Waals surface area (Å²) in [7, 11) is 0. The van der Waals surface area contributed by atoms with Crippen molar-refractivity contribution >= 4 is 21.8 Å². The number of carbonyl (C=O) groups excluding carboxylic acids is 1. The molecule has 130 valence electrons. The average molecular weight is 405 g/mol. The maximum Gasteiger partial charge on any atom is 0.287 e. The molecule has 0 spiro atoms. The zero-order valence-electron chi connectivity index (χ0n) is 13.8. The number of nitrogens with one attached hydrogen (secondary N) is 2. The fourth-order valence-corrected chi connectivity index (χ4v) is 2.85. The lowest BCUT2D eigenvalue weighted by atomic mass is 10.1. The van der Waals surface area contributed by atoms with Crippen LogP contribution >= 0.6 is 15.9 Å². The lowest BCUT2D eigenvalue weighted by Gasteiger charge is -2.07. The molecule has 8 heteroatoms. The van der Waals surface area contributed by atoms with E-state index in [1.807, 2.05) is 26.1 Å². The molecule has 0 unspecified atom stereocenters. The molecule has 3 aromatic heterocycles. The SMILES string of the molecule is Cc1cc(C)c(CNC(=O)c2ccc(Cn3cc(Br)cn3)o2)c(=O)[nH]1. The Morgan fingerprint density at radius 3 is 2.88 bits per heavy atom. The first-order valence-corrected chi connectivity index (χ1v) is 8.46. The third-order valence-electron chi connectivity index (χ3n) is 3.72. The van der Waals surface area contributed by atoms with Crippen LogP contribution in [0.3, 0.4) is 0 Å². The van der Waals surface area contributed by atoms with Crippen molar-refractivity contribution in [3.63, 3.8) is 0 Å². The molecule has 1 amide bonds. The van der Waals surface area contributed by atoms with E-state index >= 15 is 0 Å². The molecule has 0 saturated carbocycles. The number of pyridine rings is 1. The molecule has 0 fully saturated rings. The van der Waals surface area contributed by atoms with Gasteiger partial charge in [-0.25, -0.2) is 0 Å². The molecule has 3 aromatic rings. The molecule has 3 rings (SSSR count). The fraction of sp³-hybridized carbons (Fsp3) is 0.235. The Bertz CT molecular complexity index is 970. The van der Waals surface area contributed by atoms with Crippen molar-refractivity contribution in [1.82, 2.24) is 20.1 Å². The van der Waals surface area contributed by atoms with Crippen molar-refractivity contribution in [1.29, 1.82) is 0 Å². The highest BCUT2D eigenvalue weighted by Gasteiger charge is 2.13. The minimum absolute atomic E-state index is 0.141. The van der Waals surface area contributed by atoms with Crippen LogP contribution in [-0.4, -0.2) is 20.7 Å². The van der Waals surface area contributed by atoms with Gasteiger partial charge in [-0.15, -0.1) is 0 Å². The summed E-state index contributed by atoms with van der Waals surface area (Å²) in [5.74, 6) is 0.444. The van der Waals surface area contributed by atoms with Gasteiger partial charge >= 0.3 is 0 Å². The first-order valence-electron chi connectivity index (χ1n) is 7.66. The van der Waals surface area contributed by atoms with Crippen LogP contribution in [0.1, 0.15) is 33.1 Å². The monoisotopic (exact) mass is 404 g/mol. The topological polar surface area (TPSA) is 92.9 Å². The number of rotatable bonds is 5. The molecule has 0 radical (unpaired) electrons. The Labute approximate surface area is 152 Å². The summed E-state index contributed by atoms with van der Waals surface area (Å²) in [6.45, 7) is 4.23. The molecule has 0 bridgehead atoms. The van der Waals surface area contributed by atoms with E-state index < -0.39 is 0 Å². The van der Waals surface area contributed by atoms with Crippen molar-refractivity contribution in [3.05, 3.63) is 73.8 Å². The maximum atomic E-state index is 12.2. The number of aromatic amines is 1. The van der Waals surface area contributed by atoms with Crippen molar-refractivity contribution in [2.24, 2.45) is 0 Å². The van der Waals surface area contributed by atoms with Crippen LogP contribution in [0.5, 0.6) is 0 Å². The quantitative estimate of drug-likeness (QED) is 0.682. The number of halogens is 1. The third kappa shape index (κ3) is 4.08. The zero-order valence-corrected chi connectivity index (χ0v) is 15.4. The van der Waals surface area contributed by atoms with Gasteiger partial charge in [0.25, 0.3) is 11.5 Å². The van der Waals surface area contributed by atoms with E-state index in [1.165, 1.54) is 0 Å². The van der Waals surface area contributed by atoms with Crippen molar-refractivity contribution in [2.75, 3.05) is 0 Å². The standard InChI is InChI=1S/C17H17BrN4O3/c1-10-5-11(2)21-16(23)14(10)7-19-17(24)15-4-3-13(25-15)9-22-8-12(18)6-20-22/h3-6,8H,7,9H2,1-2H3,(H,19,24)(H,21,23). The Kier molecular flexibility index (Phi) is 4.89. The second-order valence-electron chi connectivity index (χ2n) is 5.75. The van der Waals surface area contributed by atoms with Crippen LogP contribution in [-0.2, 0) is 13.1 Å². The lowest BCUT2D eigenvalue weighted by molar-refractivity contribution is 0.0921. The number of amides is 1. The number of furan rings is 1. The third-order valence-corrected chi connectivity index (χ3v) is 4.13. The van der Waals surface area contributed by atoms with E-state index in [9.17, 15) is 9.59 Å². The highest BCUT2D eigenvalue weighted by molar-refractivity contribution is 9.10. The average Bonchev–Trinajstić information content (AvgIpc) is 3.15. The fourth-order valence-electron chi connectivity index (χ4n) is 2.53. The van der Waals surface area contributed by atoms with E-state index in [-0.39, 0.29) is 23.8 Å². The number of H-pyrrole nitrogens is 1. The maximum absolute atomic E-state index is 12.2. The summed E-state index contributed by atoms with van der Waals surface area (Å²) in [5, 5.41) is 6.85. The summed E-state index contributed by atoms with van der Waals surface area (Å²) in [6.07, 6.45) is 3.49. The molecule has 0 aliphatic heterocycles. The molecule has 3 heterocycles. The number of hydrogen-bond donors (Lipinski definition) is 2. The van der Waals surface area contributed by atoms with Crippen molar-refractivity contribution in [3.8, 4) is 0 Å². The summed E-state index contributed by atoms with van der Waals surface area (Å²) in [6, 6.07) is 5.21. The van der Waals surface area contributed by atoms with E-state index in [0.29, 0.717) is 17.9 Å². The van der Waals surface area contributed by atoms with Crippen LogP contribution in [0.25, 0.3) is 0 Å². The number of nitrogens with zero attached hydrogens (tertiary/aromatic N) is 2. The molecule has 2 N–H and O–H groups in total. The van der Waals surface area contributed by atoms with Gasteiger partial charge in [0.1, 0.15) is 5.76 Å². The summed E-state index contributed by atoms with van der Waals surface area (Å²) < 4.78 is 8.12. The normalized spacial score (nSPS) is 10.8. The van der Waals surface area contributed by atoms with E-state index in [0.717, 1.165) is 15.7 Å². The van der Waals surface area contributed by atoms with Gasteiger partial charge in [0.05, 0.1) is 17.2 Å². The van der Waals surface area contributed by atoms with E-state index in [4.69, 9.17) is 4.42 Å². The molecule has 0 atom stereocenters. The highest BCUT2D eigenvalue weighted by atomic mass is 79.9. The van der Waals surface area contributed by atoms with E-state index in [1.54, 1.807) is 23.0 Å². The van der Waals surface area contributed by atoms with Crippen LogP contribution in [0, 0.1) is 13.8 Å². The van der Waals surface area contributed by atoms with Gasteiger partial charge in [0.2, 0.25) is 0 Å². The van der Waals surface area contributed by atoms with Crippen LogP contribution in [0.4, 0.5) is 0 Å². The van der Waals surface area contributed by atoms with Crippen LogP contribution in [0.2, 0.25) is 0 Å². The van der Waals surface area contributed by atoms with Crippen molar-refractivity contribution < 1.29 is 9.21 Å². The highest BCUT2D eigenvalue weighted by Crippen LogP contribution is 2.12. The molecule has 0 aliphatic carbocycles. The molecule has 7 nitrogen and oxygen atoms in total. The number of hydrogen-bond acceptors (Lipinski definition) is 4. The molecule has 25 heavy (non-hydrogen) atoms. The Morgan fingerprint density at radius 1 is 1.40 bits per heavy atom. The largest absolute Gasteiger partial charge is 0.454 e. The second-order valence-corrected chi connectivity index (χ2v) is 6.66. The second kappa shape index (κ2) is 7.10. The van der Waals surface area contributed by atoms with E-state index in [2.05, 4.69) is 31.3 Å². The Morgan fingerprint density at radius 2 is 2.20 bits per heavy atom. The van der Waals surface area contributed by atoms with Crippen molar-refractivity contribution in [2.45, 2.75) is 26.9 Å². The predicted octanol–water partition coefficient (Wildman–Crippen LogP) is 2.52. The molecular weight excluding hydrogens is 388 g/mol. The number of carbonyl (C=O) groups is 1. The number of aryl methyl sites for hydroxylation is 2. The zero-order chi connectivity index (χ0) is 18.0. The first-order chi connectivity index (χ1) is 11.9. The Hall–Kier alpha value is -2.61.